The number of fused-ring (bicyclic) bond motifs is 2. The predicted molar refractivity (Wildman–Crippen MR) is 79.5 cm³/mol. The molecule has 21 heavy (non-hydrogen) atoms. The van der Waals surface area contributed by atoms with Crippen molar-refractivity contribution < 1.29 is 14.7 Å². The average Bonchev–Trinajstić information content (AvgIpc) is 3.04. The fourth-order valence-electron chi connectivity index (χ4n) is 4.58. The molecule has 4 nitrogen and oxygen atoms in total. The lowest BCUT2D eigenvalue weighted by Gasteiger charge is -2.36. The summed E-state index contributed by atoms with van der Waals surface area (Å²) >= 11 is 0. The van der Waals surface area contributed by atoms with Gasteiger partial charge in [0.15, 0.2) is 0 Å². The second-order valence-electron chi connectivity index (χ2n) is 7.22. The fraction of sp³-hybridized carbons (Fsp3) is 0.765. The van der Waals surface area contributed by atoms with Crippen LogP contribution in [0.4, 0.5) is 0 Å². The summed E-state index contributed by atoms with van der Waals surface area (Å²) in [5, 5.41) is 12.6. The highest BCUT2D eigenvalue weighted by atomic mass is 16.4. The number of rotatable bonds is 3. The van der Waals surface area contributed by atoms with E-state index in [1.807, 2.05) is 12.2 Å². The number of allylic oxidation sites excluding steroid dienone is 2. The fourth-order valence-corrected chi connectivity index (χ4v) is 4.58. The van der Waals surface area contributed by atoms with Gasteiger partial charge in [0, 0.05) is 6.04 Å². The Bertz CT molecular complexity index is 473. The Morgan fingerprint density at radius 3 is 2.43 bits per heavy atom. The van der Waals surface area contributed by atoms with Gasteiger partial charge in [0.1, 0.15) is 0 Å². The number of amides is 1. The number of hydrogen-bond donors (Lipinski definition) is 2. The molecule has 2 bridgehead atoms. The smallest absolute Gasteiger partial charge is 0.307 e. The van der Waals surface area contributed by atoms with Gasteiger partial charge < -0.3 is 10.4 Å². The van der Waals surface area contributed by atoms with Crippen molar-refractivity contribution in [1.82, 2.24) is 5.32 Å². The third kappa shape index (κ3) is 2.49. The zero-order valence-corrected chi connectivity index (χ0v) is 12.8. The molecule has 2 saturated carbocycles. The maximum atomic E-state index is 12.7. The van der Waals surface area contributed by atoms with E-state index in [0.717, 1.165) is 19.3 Å². The second kappa shape index (κ2) is 5.47. The topological polar surface area (TPSA) is 66.4 Å². The molecule has 7 atom stereocenters. The summed E-state index contributed by atoms with van der Waals surface area (Å²) < 4.78 is 0. The standard InChI is InChI=1S/C17H25NO3/c1-9-4-3-5-13(10(9)2)18-16(19)14-11-6-7-12(8-11)15(14)17(20)21/h6-7,9-15H,3-5,8H2,1-2H3,(H,18,19)(H,20,21)/t9-,10+,11-,12-,13-,14+,15-/m0/s1. The quantitative estimate of drug-likeness (QED) is 0.785. The zero-order valence-electron chi connectivity index (χ0n) is 12.8. The number of nitrogens with one attached hydrogen (secondary N) is 1. The van der Waals surface area contributed by atoms with Crippen molar-refractivity contribution in [2.24, 2.45) is 35.5 Å². The van der Waals surface area contributed by atoms with Gasteiger partial charge in [0.25, 0.3) is 0 Å². The van der Waals surface area contributed by atoms with Gasteiger partial charge in [-0.3, -0.25) is 9.59 Å². The molecule has 4 heteroatoms. The lowest BCUT2D eigenvalue weighted by molar-refractivity contribution is -0.148. The zero-order chi connectivity index (χ0) is 15.1. The van der Waals surface area contributed by atoms with Gasteiger partial charge in [-0.05, 0) is 36.5 Å². The SMILES string of the molecule is C[C@H]1[C@@H](NC(=O)[C@H]2[C@@H](C(=O)O)[C@H]3C=C[C@H]2C3)CCC[C@@H]1C. The minimum atomic E-state index is -0.822. The summed E-state index contributed by atoms with van der Waals surface area (Å²) in [6, 6.07) is 0.207. The van der Waals surface area contributed by atoms with Crippen molar-refractivity contribution in [3.05, 3.63) is 12.2 Å². The Hall–Kier alpha value is -1.32. The molecule has 3 aliphatic rings. The Balaban J connectivity index is 1.70. The molecule has 2 fully saturated rings. The molecule has 0 heterocycles. The van der Waals surface area contributed by atoms with Gasteiger partial charge in [0.2, 0.25) is 5.91 Å². The molecule has 0 saturated heterocycles. The molecule has 0 aliphatic heterocycles. The molecule has 0 spiro atoms. The number of aliphatic carboxylic acids is 1. The first-order valence-corrected chi connectivity index (χ1v) is 8.20. The van der Waals surface area contributed by atoms with E-state index in [2.05, 4.69) is 19.2 Å². The van der Waals surface area contributed by atoms with Crippen LogP contribution in [0.3, 0.4) is 0 Å². The van der Waals surface area contributed by atoms with Crippen LogP contribution in [0.1, 0.15) is 39.5 Å². The summed E-state index contributed by atoms with van der Waals surface area (Å²) in [5.41, 5.74) is 0. The number of carboxylic acid groups (broad SMARTS) is 1. The average molecular weight is 291 g/mol. The summed E-state index contributed by atoms with van der Waals surface area (Å²) in [4.78, 5) is 24.2. The molecular weight excluding hydrogens is 266 g/mol. The third-order valence-corrected chi connectivity index (χ3v) is 6.08. The number of carbonyl (C=O) groups excluding carboxylic acids is 1. The largest absolute Gasteiger partial charge is 0.481 e. The van der Waals surface area contributed by atoms with Gasteiger partial charge in [-0.15, -0.1) is 0 Å². The first-order chi connectivity index (χ1) is 9.99. The summed E-state index contributed by atoms with van der Waals surface area (Å²) in [6.45, 7) is 4.44. The van der Waals surface area contributed by atoms with Crippen LogP contribution in [-0.2, 0) is 9.59 Å². The highest BCUT2D eigenvalue weighted by Crippen LogP contribution is 2.48. The molecule has 0 aromatic rings. The van der Waals surface area contributed by atoms with Crippen molar-refractivity contribution in [2.75, 3.05) is 0 Å². The van der Waals surface area contributed by atoms with Crippen LogP contribution in [0.25, 0.3) is 0 Å². The molecule has 2 N–H and O–H groups in total. The number of carboxylic acids is 1. The monoisotopic (exact) mass is 291 g/mol. The Morgan fingerprint density at radius 2 is 1.76 bits per heavy atom. The van der Waals surface area contributed by atoms with Gasteiger partial charge in [0.05, 0.1) is 11.8 Å². The maximum Gasteiger partial charge on any atom is 0.307 e. The Kier molecular flexibility index (Phi) is 3.80. The summed E-state index contributed by atoms with van der Waals surface area (Å²) in [6.07, 6.45) is 8.24. The van der Waals surface area contributed by atoms with Crippen LogP contribution in [0.15, 0.2) is 12.2 Å². The van der Waals surface area contributed by atoms with E-state index in [4.69, 9.17) is 0 Å². The van der Waals surface area contributed by atoms with Crippen LogP contribution in [0.5, 0.6) is 0 Å². The van der Waals surface area contributed by atoms with Crippen molar-refractivity contribution in [2.45, 2.75) is 45.6 Å². The highest BCUT2D eigenvalue weighted by Gasteiger charge is 2.52. The van der Waals surface area contributed by atoms with Crippen LogP contribution in [-0.4, -0.2) is 23.0 Å². The first-order valence-electron chi connectivity index (χ1n) is 8.20. The first kappa shape index (κ1) is 14.6. The number of carbonyl (C=O) groups is 2. The van der Waals surface area contributed by atoms with Crippen LogP contribution in [0, 0.1) is 35.5 Å². The van der Waals surface area contributed by atoms with Gasteiger partial charge >= 0.3 is 5.97 Å². The lowest BCUT2D eigenvalue weighted by atomic mass is 9.77. The van der Waals surface area contributed by atoms with E-state index in [1.165, 1.54) is 6.42 Å². The summed E-state index contributed by atoms with van der Waals surface area (Å²) in [7, 11) is 0. The molecule has 3 rings (SSSR count). The molecule has 1 amide bonds. The third-order valence-electron chi connectivity index (χ3n) is 6.08. The van der Waals surface area contributed by atoms with E-state index in [-0.39, 0.29) is 29.7 Å². The molecule has 0 aromatic heterocycles. The lowest BCUT2D eigenvalue weighted by Crippen LogP contribution is -2.48. The van der Waals surface area contributed by atoms with Gasteiger partial charge in [-0.1, -0.05) is 38.8 Å². The Labute approximate surface area is 126 Å². The van der Waals surface area contributed by atoms with Crippen LogP contribution >= 0.6 is 0 Å². The maximum absolute atomic E-state index is 12.7. The number of hydrogen-bond acceptors (Lipinski definition) is 2. The normalized spacial score (nSPS) is 44.8. The molecule has 0 radical (unpaired) electrons. The minimum absolute atomic E-state index is 0.0369. The van der Waals surface area contributed by atoms with E-state index >= 15 is 0 Å². The molecule has 116 valence electrons. The van der Waals surface area contributed by atoms with E-state index < -0.39 is 11.9 Å². The molecular formula is C17H25NO3. The van der Waals surface area contributed by atoms with E-state index in [0.29, 0.717) is 11.8 Å². The molecule has 3 aliphatic carbocycles. The van der Waals surface area contributed by atoms with Crippen molar-refractivity contribution >= 4 is 11.9 Å². The van der Waals surface area contributed by atoms with Crippen LogP contribution in [0.2, 0.25) is 0 Å². The highest BCUT2D eigenvalue weighted by molar-refractivity contribution is 5.87. The second-order valence-corrected chi connectivity index (χ2v) is 7.22. The van der Waals surface area contributed by atoms with E-state index in [9.17, 15) is 14.7 Å². The molecule has 0 aromatic carbocycles. The van der Waals surface area contributed by atoms with Crippen molar-refractivity contribution in [3.8, 4) is 0 Å². The molecule has 0 unspecified atom stereocenters. The van der Waals surface area contributed by atoms with Gasteiger partial charge in [-0.2, -0.15) is 0 Å². The van der Waals surface area contributed by atoms with Gasteiger partial charge in [-0.25, -0.2) is 0 Å². The van der Waals surface area contributed by atoms with Crippen molar-refractivity contribution in [1.29, 1.82) is 0 Å². The van der Waals surface area contributed by atoms with Crippen molar-refractivity contribution in [3.63, 3.8) is 0 Å². The van der Waals surface area contributed by atoms with E-state index in [1.54, 1.807) is 0 Å². The predicted octanol–water partition coefficient (Wildman–Crippen LogP) is 2.45. The van der Waals surface area contributed by atoms with Crippen LogP contribution < -0.4 is 5.32 Å². The Morgan fingerprint density at radius 1 is 1.10 bits per heavy atom. The minimum Gasteiger partial charge on any atom is -0.481 e. The summed E-state index contributed by atoms with van der Waals surface area (Å²) in [5.74, 6) is -0.502.